The van der Waals surface area contributed by atoms with Gasteiger partial charge in [0.15, 0.2) is 0 Å². The van der Waals surface area contributed by atoms with Gasteiger partial charge in [-0.05, 0) is 56.2 Å². The van der Waals surface area contributed by atoms with Crippen LogP contribution in [0.15, 0.2) is 34.3 Å². The molecular formula is C25H30N4O5S. The van der Waals surface area contributed by atoms with E-state index in [9.17, 15) is 19.8 Å². The van der Waals surface area contributed by atoms with E-state index in [0.717, 1.165) is 21.7 Å². The summed E-state index contributed by atoms with van der Waals surface area (Å²) in [5.74, 6) is -1.29. The highest BCUT2D eigenvalue weighted by Gasteiger charge is 2.35. The van der Waals surface area contributed by atoms with Crippen molar-refractivity contribution in [2.75, 3.05) is 6.54 Å². The molecule has 1 aliphatic rings. The number of thiazole rings is 1. The van der Waals surface area contributed by atoms with Gasteiger partial charge in [0.1, 0.15) is 17.4 Å². The second kappa shape index (κ2) is 10.7. The molecule has 4 N–H and O–H groups in total. The van der Waals surface area contributed by atoms with Gasteiger partial charge in [-0.25, -0.2) is 4.98 Å². The fourth-order valence-corrected chi connectivity index (χ4v) is 5.25. The van der Waals surface area contributed by atoms with Crippen LogP contribution >= 0.6 is 11.3 Å². The van der Waals surface area contributed by atoms with Crippen molar-refractivity contribution < 1.29 is 24.3 Å². The van der Waals surface area contributed by atoms with E-state index in [2.05, 4.69) is 20.8 Å². The monoisotopic (exact) mass is 498 g/mol. The van der Waals surface area contributed by atoms with Gasteiger partial charge in [0.05, 0.1) is 33.9 Å². The molecule has 1 saturated heterocycles. The minimum Gasteiger partial charge on any atom is -0.508 e. The molecule has 4 rings (SSSR count). The summed E-state index contributed by atoms with van der Waals surface area (Å²) in [7, 11) is 0. The van der Waals surface area contributed by atoms with E-state index >= 15 is 0 Å². The number of aryl methyl sites for hydroxylation is 3. The number of carbonyl (C=O) groups is 2. The Morgan fingerprint density at radius 3 is 2.71 bits per heavy atom. The number of benzene rings is 1. The molecule has 10 heteroatoms. The van der Waals surface area contributed by atoms with Crippen molar-refractivity contribution in [2.45, 2.75) is 58.1 Å². The van der Waals surface area contributed by atoms with Gasteiger partial charge in [-0.15, -0.1) is 11.3 Å². The summed E-state index contributed by atoms with van der Waals surface area (Å²) in [5.41, 5.74) is 5.03. The SMILES string of the molecule is Cc1cc(C(C(=O)NC(=O)[C@@H]2C[C@@H](O)CN2)C(C)CCc2ccc(-c3scnc3C)cc2O)on1. The highest BCUT2D eigenvalue weighted by Crippen LogP contribution is 2.34. The maximum absolute atomic E-state index is 13.2. The van der Waals surface area contributed by atoms with Crippen molar-refractivity contribution in [3.05, 3.63) is 52.5 Å². The Balaban J connectivity index is 1.45. The number of phenols is 1. The first-order valence-electron chi connectivity index (χ1n) is 11.6. The molecule has 2 amide bonds. The summed E-state index contributed by atoms with van der Waals surface area (Å²) in [5, 5.41) is 29.6. The van der Waals surface area contributed by atoms with Crippen LogP contribution in [0.3, 0.4) is 0 Å². The lowest BCUT2D eigenvalue weighted by atomic mass is 9.85. The number of phenolic OH excluding ortho intramolecular Hbond substituents is 1. The lowest BCUT2D eigenvalue weighted by Crippen LogP contribution is -2.45. The van der Waals surface area contributed by atoms with E-state index in [-0.39, 0.29) is 18.1 Å². The van der Waals surface area contributed by atoms with Gasteiger partial charge in [-0.2, -0.15) is 0 Å². The van der Waals surface area contributed by atoms with E-state index in [1.54, 1.807) is 24.6 Å². The van der Waals surface area contributed by atoms with Crippen LogP contribution < -0.4 is 10.6 Å². The molecule has 2 unspecified atom stereocenters. The first kappa shape index (κ1) is 25.0. The number of imide groups is 1. The van der Waals surface area contributed by atoms with Gasteiger partial charge < -0.3 is 20.1 Å². The standard InChI is InChI=1S/C25H30N4O5S/c1-13(4-5-16-6-7-17(9-20(16)31)23-15(3)27-12-35-23)22(21-8-14(2)29-34-21)25(33)28-24(32)19-10-18(30)11-26-19/h6-9,12-13,18-19,22,26,30-31H,4-5,10-11H2,1-3H3,(H,28,32,33)/t13?,18-,19+,22?/m1/s1. The molecule has 3 heterocycles. The molecule has 1 aromatic carbocycles. The zero-order valence-corrected chi connectivity index (χ0v) is 20.8. The molecule has 0 radical (unpaired) electrons. The van der Waals surface area contributed by atoms with Crippen molar-refractivity contribution in [1.82, 2.24) is 20.8 Å². The molecule has 3 aromatic rings. The Hall–Kier alpha value is -3.08. The van der Waals surface area contributed by atoms with Crippen molar-refractivity contribution in [2.24, 2.45) is 5.92 Å². The molecular weight excluding hydrogens is 468 g/mol. The smallest absolute Gasteiger partial charge is 0.243 e. The zero-order chi connectivity index (χ0) is 25.1. The number of amides is 2. The zero-order valence-electron chi connectivity index (χ0n) is 19.9. The Morgan fingerprint density at radius 2 is 2.11 bits per heavy atom. The first-order chi connectivity index (χ1) is 16.7. The summed E-state index contributed by atoms with van der Waals surface area (Å²) in [6, 6.07) is 6.69. The predicted molar refractivity (Wildman–Crippen MR) is 131 cm³/mol. The summed E-state index contributed by atoms with van der Waals surface area (Å²) in [6.45, 7) is 5.94. The highest BCUT2D eigenvalue weighted by atomic mass is 32.1. The average molecular weight is 499 g/mol. The maximum atomic E-state index is 13.2. The Bertz CT molecular complexity index is 1210. The van der Waals surface area contributed by atoms with Crippen LogP contribution in [0.5, 0.6) is 5.75 Å². The number of aliphatic hydroxyl groups is 1. The van der Waals surface area contributed by atoms with E-state index in [1.165, 1.54) is 11.3 Å². The van der Waals surface area contributed by atoms with Gasteiger partial charge in [0, 0.05) is 12.6 Å². The predicted octanol–water partition coefficient (Wildman–Crippen LogP) is 2.84. The number of hydrogen-bond donors (Lipinski definition) is 4. The Morgan fingerprint density at radius 1 is 1.31 bits per heavy atom. The normalized spacial score (nSPS) is 19.4. The number of β-amino-alcohol motifs (C(OH)–C–C–N with tert-alkyl or cyclic N) is 1. The largest absolute Gasteiger partial charge is 0.508 e. The van der Waals surface area contributed by atoms with Crippen LogP contribution in [0.2, 0.25) is 0 Å². The summed E-state index contributed by atoms with van der Waals surface area (Å²) < 4.78 is 5.40. The van der Waals surface area contributed by atoms with Crippen molar-refractivity contribution >= 4 is 23.2 Å². The topological polar surface area (TPSA) is 138 Å². The number of aromatic hydroxyl groups is 1. The number of hydrogen-bond acceptors (Lipinski definition) is 9. The van der Waals surface area contributed by atoms with Crippen molar-refractivity contribution in [1.29, 1.82) is 0 Å². The molecule has 0 bridgehead atoms. The van der Waals surface area contributed by atoms with E-state index in [0.29, 0.717) is 30.8 Å². The van der Waals surface area contributed by atoms with Gasteiger partial charge in [-0.1, -0.05) is 24.2 Å². The Labute approximate surface area is 207 Å². The number of rotatable bonds is 8. The Kier molecular flexibility index (Phi) is 7.63. The number of nitrogens with zero attached hydrogens (tertiary/aromatic N) is 2. The van der Waals surface area contributed by atoms with Crippen LogP contribution in [-0.2, 0) is 16.0 Å². The van der Waals surface area contributed by atoms with Gasteiger partial charge >= 0.3 is 0 Å². The lowest BCUT2D eigenvalue weighted by molar-refractivity contribution is -0.133. The number of aliphatic hydroxyl groups excluding tert-OH is 1. The fraction of sp³-hybridized carbons (Fsp3) is 0.440. The molecule has 0 aliphatic carbocycles. The van der Waals surface area contributed by atoms with Crippen LogP contribution in [0.4, 0.5) is 0 Å². The second-order valence-electron chi connectivity index (χ2n) is 9.18. The van der Waals surface area contributed by atoms with Crippen LogP contribution in [0.1, 0.15) is 48.4 Å². The molecule has 1 aliphatic heterocycles. The summed E-state index contributed by atoms with van der Waals surface area (Å²) >= 11 is 1.53. The molecule has 0 spiro atoms. The second-order valence-corrected chi connectivity index (χ2v) is 10.0. The third kappa shape index (κ3) is 5.77. The minimum atomic E-state index is -0.729. The van der Waals surface area contributed by atoms with E-state index in [4.69, 9.17) is 4.52 Å². The molecule has 2 aromatic heterocycles. The van der Waals surface area contributed by atoms with E-state index in [1.807, 2.05) is 26.0 Å². The van der Waals surface area contributed by atoms with Gasteiger partial charge in [0.25, 0.3) is 0 Å². The van der Waals surface area contributed by atoms with Crippen molar-refractivity contribution in [3.63, 3.8) is 0 Å². The average Bonchev–Trinajstić information content (AvgIpc) is 3.54. The molecule has 186 valence electrons. The summed E-state index contributed by atoms with van der Waals surface area (Å²) in [6.07, 6.45) is 0.762. The molecule has 9 nitrogen and oxygen atoms in total. The third-order valence-corrected chi connectivity index (χ3v) is 7.41. The fourth-order valence-electron chi connectivity index (χ4n) is 4.45. The number of carbonyl (C=O) groups excluding carboxylic acids is 2. The summed E-state index contributed by atoms with van der Waals surface area (Å²) in [4.78, 5) is 31.0. The van der Waals surface area contributed by atoms with Crippen molar-refractivity contribution in [3.8, 4) is 16.2 Å². The minimum absolute atomic E-state index is 0.194. The van der Waals surface area contributed by atoms with Crippen LogP contribution in [0.25, 0.3) is 10.4 Å². The van der Waals surface area contributed by atoms with Gasteiger partial charge in [-0.3, -0.25) is 14.9 Å². The lowest BCUT2D eigenvalue weighted by Gasteiger charge is -2.22. The maximum Gasteiger partial charge on any atom is 0.243 e. The molecule has 35 heavy (non-hydrogen) atoms. The third-order valence-electron chi connectivity index (χ3n) is 6.44. The number of nitrogens with one attached hydrogen (secondary N) is 2. The molecule has 1 fully saturated rings. The van der Waals surface area contributed by atoms with Crippen LogP contribution in [-0.4, -0.2) is 50.9 Å². The molecule has 4 atom stereocenters. The first-order valence-corrected chi connectivity index (χ1v) is 12.5. The van der Waals surface area contributed by atoms with E-state index < -0.39 is 29.9 Å². The molecule has 0 saturated carbocycles. The quantitative estimate of drug-likeness (QED) is 0.372. The number of aromatic nitrogens is 2. The highest BCUT2D eigenvalue weighted by molar-refractivity contribution is 7.13. The van der Waals surface area contributed by atoms with Gasteiger partial charge in [0.2, 0.25) is 11.8 Å². The van der Waals surface area contributed by atoms with Crippen LogP contribution in [0, 0.1) is 19.8 Å².